The molecule has 0 radical (unpaired) electrons. The van der Waals surface area contributed by atoms with Crippen molar-refractivity contribution in [3.8, 4) is 0 Å². The van der Waals surface area contributed by atoms with Crippen LogP contribution in [0.2, 0.25) is 0 Å². The quantitative estimate of drug-likeness (QED) is 0.855. The minimum Gasteiger partial charge on any atom is -0.366 e. The van der Waals surface area contributed by atoms with Crippen LogP contribution in [0.1, 0.15) is 16.8 Å². The maximum absolute atomic E-state index is 11.8. The van der Waals surface area contributed by atoms with Gasteiger partial charge in [0.25, 0.3) is 11.1 Å². The summed E-state index contributed by atoms with van der Waals surface area (Å²) in [7, 11) is 0. The van der Waals surface area contributed by atoms with Crippen molar-refractivity contribution in [2.75, 3.05) is 24.2 Å². The number of nitrogens with one attached hydrogen (secondary N) is 1. The van der Waals surface area contributed by atoms with Gasteiger partial charge in [-0.25, -0.2) is 0 Å². The van der Waals surface area contributed by atoms with Crippen molar-refractivity contribution in [1.29, 1.82) is 0 Å². The number of hydrogen-bond acceptors (Lipinski definition) is 4. The molecule has 6 nitrogen and oxygen atoms in total. The molecule has 0 bridgehead atoms. The fourth-order valence-corrected chi connectivity index (χ4v) is 2.74. The molecule has 3 amide bonds. The number of nitrogens with two attached hydrogens (primary N) is 1. The van der Waals surface area contributed by atoms with Crippen molar-refractivity contribution in [1.82, 2.24) is 4.90 Å². The Labute approximate surface area is 120 Å². The second-order valence-electron chi connectivity index (χ2n) is 4.31. The van der Waals surface area contributed by atoms with E-state index in [4.69, 9.17) is 5.73 Å². The van der Waals surface area contributed by atoms with Crippen LogP contribution in [0.25, 0.3) is 0 Å². The second kappa shape index (κ2) is 6.42. The number of primary amides is 1. The van der Waals surface area contributed by atoms with Crippen LogP contribution in [0.5, 0.6) is 0 Å². The predicted octanol–water partition coefficient (Wildman–Crippen LogP) is 1.28. The number of rotatable bonds is 5. The molecule has 0 aliphatic carbocycles. The van der Waals surface area contributed by atoms with Gasteiger partial charge in [-0.15, -0.1) is 0 Å². The van der Waals surface area contributed by atoms with Crippen LogP contribution in [-0.2, 0) is 4.79 Å². The molecule has 1 aliphatic rings. The lowest BCUT2D eigenvalue weighted by Gasteiger charge is -2.14. The normalized spacial score (nSPS) is 14.4. The summed E-state index contributed by atoms with van der Waals surface area (Å²) in [6.45, 7) is 1.06. The standard InChI is InChI=1S/C13H15N3O3S/c14-12(18)9-3-1-2-4-10(9)15-11(17)5-6-16-7-8-20-13(16)19/h1-4H,5-8H2,(H2,14,18)(H,15,17). The Kier molecular flexibility index (Phi) is 4.62. The third kappa shape index (κ3) is 3.51. The summed E-state index contributed by atoms with van der Waals surface area (Å²) in [5, 5.41) is 2.66. The molecule has 1 heterocycles. The molecule has 1 aromatic carbocycles. The first-order valence-corrected chi connectivity index (χ1v) is 7.17. The zero-order valence-corrected chi connectivity index (χ0v) is 11.6. The smallest absolute Gasteiger partial charge is 0.281 e. The van der Waals surface area contributed by atoms with Crippen molar-refractivity contribution < 1.29 is 14.4 Å². The van der Waals surface area contributed by atoms with Crippen molar-refractivity contribution >= 4 is 34.5 Å². The molecule has 1 saturated heterocycles. The predicted molar refractivity (Wildman–Crippen MR) is 77.6 cm³/mol. The first kappa shape index (κ1) is 14.4. The molecule has 0 unspecified atom stereocenters. The van der Waals surface area contributed by atoms with Crippen LogP contribution in [0.3, 0.4) is 0 Å². The summed E-state index contributed by atoms with van der Waals surface area (Å²) < 4.78 is 0. The van der Waals surface area contributed by atoms with Gasteiger partial charge < -0.3 is 16.0 Å². The minimum absolute atomic E-state index is 0.00957. The Bertz CT molecular complexity index is 547. The van der Waals surface area contributed by atoms with Crippen molar-refractivity contribution in [2.45, 2.75) is 6.42 Å². The van der Waals surface area contributed by atoms with Gasteiger partial charge in [-0.1, -0.05) is 23.9 Å². The molecule has 0 spiro atoms. The van der Waals surface area contributed by atoms with Crippen LogP contribution in [0.4, 0.5) is 10.5 Å². The third-order valence-corrected chi connectivity index (χ3v) is 3.81. The Hall–Kier alpha value is -2.02. The van der Waals surface area contributed by atoms with Gasteiger partial charge in [0.05, 0.1) is 11.3 Å². The summed E-state index contributed by atoms with van der Waals surface area (Å²) >= 11 is 1.26. The van der Waals surface area contributed by atoms with Crippen LogP contribution >= 0.6 is 11.8 Å². The Balaban J connectivity index is 1.91. The van der Waals surface area contributed by atoms with Gasteiger partial charge in [0, 0.05) is 25.3 Å². The van der Waals surface area contributed by atoms with E-state index in [2.05, 4.69) is 5.32 Å². The topological polar surface area (TPSA) is 92.5 Å². The van der Waals surface area contributed by atoms with E-state index in [9.17, 15) is 14.4 Å². The molecule has 1 fully saturated rings. The van der Waals surface area contributed by atoms with E-state index in [0.29, 0.717) is 18.8 Å². The third-order valence-electron chi connectivity index (χ3n) is 2.92. The van der Waals surface area contributed by atoms with Crippen LogP contribution in [0.15, 0.2) is 24.3 Å². The van der Waals surface area contributed by atoms with E-state index in [1.165, 1.54) is 11.8 Å². The van der Waals surface area contributed by atoms with E-state index in [1.807, 2.05) is 0 Å². The molecule has 7 heteroatoms. The van der Waals surface area contributed by atoms with E-state index in [-0.39, 0.29) is 23.1 Å². The molecule has 0 atom stereocenters. The molecule has 0 aromatic heterocycles. The van der Waals surface area contributed by atoms with Crippen LogP contribution in [-0.4, -0.2) is 40.8 Å². The Morgan fingerprint density at radius 2 is 2.10 bits per heavy atom. The first-order valence-electron chi connectivity index (χ1n) is 6.18. The highest BCUT2D eigenvalue weighted by Gasteiger charge is 2.21. The fraction of sp³-hybridized carbons (Fsp3) is 0.308. The summed E-state index contributed by atoms with van der Waals surface area (Å²) in [5.74, 6) is -0.0688. The van der Waals surface area contributed by atoms with E-state index in [0.717, 1.165) is 5.75 Å². The van der Waals surface area contributed by atoms with E-state index < -0.39 is 5.91 Å². The first-order chi connectivity index (χ1) is 9.58. The number of hydrogen-bond donors (Lipinski definition) is 2. The number of nitrogens with zero attached hydrogens (tertiary/aromatic N) is 1. The van der Waals surface area contributed by atoms with E-state index >= 15 is 0 Å². The van der Waals surface area contributed by atoms with Crippen molar-refractivity contribution in [2.24, 2.45) is 5.73 Å². The molecular formula is C13H15N3O3S. The number of amides is 3. The lowest BCUT2D eigenvalue weighted by atomic mass is 10.1. The van der Waals surface area contributed by atoms with Gasteiger partial charge in [-0.3, -0.25) is 14.4 Å². The number of carbonyl (C=O) groups excluding carboxylic acids is 3. The highest BCUT2D eigenvalue weighted by molar-refractivity contribution is 8.13. The molecule has 3 N–H and O–H groups in total. The lowest BCUT2D eigenvalue weighted by molar-refractivity contribution is -0.116. The van der Waals surface area contributed by atoms with E-state index in [1.54, 1.807) is 29.2 Å². The Morgan fingerprint density at radius 3 is 2.75 bits per heavy atom. The number of para-hydroxylation sites is 1. The van der Waals surface area contributed by atoms with Gasteiger partial charge in [0.15, 0.2) is 0 Å². The lowest BCUT2D eigenvalue weighted by Crippen LogP contribution is -2.28. The average Bonchev–Trinajstić information content (AvgIpc) is 2.82. The zero-order valence-electron chi connectivity index (χ0n) is 10.8. The van der Waals surface area contributed by atoms with Gasteiger partial charge >= 0.3 is 0 Å². The SMILES string of the molecule is NC(=O)c1ccccc1NC(=O)CCN1CCSC1=O. The second-order valence-corrected chi connectivity index (χ2v) is 5.36. The number of carbonyl (C=O) groups is 3. The zero-order chi connectivity index (χ0) is 14.5. The highest BCUT2D eigenvalue weighted by Crippen LogP contribution is 2.18. The summed E-state index contributed by atoms with van der Waals surface area (Å²) in [6, 6.07) is 6.56. The molecule has 1 aromatic rings. The van der Waals surface area contributed by atoms with Gasteiger partial charge in [0.1, 0.15) is 0 Å². The Morgan fingerprint density at radius 1 is 1.35 bits per heavy atom. The molecule has 1 aliphatic heterocycles. The van der Waals surface area contributed by atoms with Gasteiger partial charge in [0.2, 0.25) is 5.91 Å². The summed E-state index contributed by atoms with van der Waals surface area (Å²) in [4.78, 5) is 36.1. The van der Waals surface area contributed by atoms with Crippen molar-refractivity contribution in [3.05, 3.63) is 29.8 Å². The maximum Gasteiger partial charge on any atom is 0.281 e. The molecule has 2 rings (SSSR count). The molecule has 20 heavy (non-hydrogen) atoms. The molecular weight excluding hydrogens is 278 g/mol. The highest BCUT2D eigenvalue weighted by atomic mass is 32.2. The largest absolute Gasteiger partial charge is 0.366 e. The fourth-order valence-electron chi connectivity index (χ4n) is 1.89. The van der Waals surface area contributed by atoms with Gasteiger partial charge in [-0.05, 0) is 12.1 Å². The summed E-state index contributed by atoms with van der Waals surface area (Å²) in [5.41, 5.74) is 5.90. The van der Waals surface area contributed by atoms with Crippen LogP contribution < -0.4 is 11.1 Å². The van der Waals surface area contributed by atoms with Crippen LogP contribution in [0, 0.1) is 0 Å². The number of anilines is 1. The monoisotopic (exact) mass is 293 g/mol. The van der Waals surface area contributed by atoms with Crippen molar-refractivity contribution in [3.63, 3.8) is 0 Å². The summed E-state index contributed by atoms with van der Waals surface area (Å²) in [6.07, 6.45) is 0.194. The minimum atomic E-state index is -0.591. The molecule has 0 saturated carbocycles. The maximum atomic E-state index is 11.8. The number of thioether (sulfide) groups is 1. The average molecular weight is 293 g/mol. The molecule has 106 valence electrons. The van der Waals surface area contributed by atoms with Gasteiger partial charge in [-0.2, -0.15) is 0 Å². The number of benzene rings is 1.